The van der Waals surface area contributed by atoms with Gasteiger partial charge in [0.05, 0.1) is 6.04 Å². The van der Waals surface area contributed by atoms with Gasteiger partial charge in [0.25, 0.3) is 5.91 Å². The Morgan fingerprint density at radius 3 is 3.00 bits per heavy atom. The fourth-order valence-electron chi connectivity index (χ4n) is 3.96. The third kappa shape index (κ3) is 4.34. The van der Waals surface area contributed by atoms with Crippen LogP contribution in [0.1, 0.15) is 28.0 Å². The third-order valence-corrected chi connectivity index (χ3v) is 5.48. The first kappa shape index (κ1) is 19.3. The van der Waals surface area contributed by atoms with Gasteiger partial charge in [-0.2, -0.15) is 4.91 Å². The maximum absolute atomic E-state index is 12.4. The van der Waals surface area contributed by atoms with Crippen LogP contribution in [0.4, 0.5) is 5.82 Å². The molecule has 1 unspecified atom stereocenters. The van der Waals surface area contributed by atoms with Crippen molar-refractivity contribution in [2.75, 3.05) is 31.5 Å². The predicted octanol–water partition coefficient (Wildman–Crippen LogP) is 1.10. The van der Waals surface area contributed by atoms with Crippen LogP contribution >= 0.6 is 0 Å². The Kier molecular flexibility index (Phi) is 5.66. The predicted molar refractivity (Wildman–Crippen MR) is 109 cm³/mol. The number of carbonyl (C=O) groups excluding carboxylic acids is 1. The monoisotopic (exact) mass is 395 g/mol. The standard InChI is InChI=1S/C20H25N7O2/c21-20-25-17(10-18-24-16(11-23-29)13-27(18)20)19(28)22-7-3-8-26-9-6-14-4-1-2-5-15(14)12-26/h1-2,4-5,10,16,21,24H,3,6-9,11-13H2,(H,22,28). The lowest BCUT2D eigenvalue weighted by molar-refractivity contribution is 0.0945. The fourth-order valence-corrected chi connectivity index (χ4v) is 3.96. The molecule has 0 saturated heterocycles. The molecule has 2 aliphatic rings. The minimum Gasteiger partial charge on any atom is -0.365 e. The first-order chi connectivity index (χ1) is 14.1. The topological polar surface area (TPSA) is 115 Å². The summed E-state index contributed by atoms with van der Waals surface area (Å²) in [6, 6.07) is 10.0. The number of fused-ring (bicyclic) bond motifs is 2. The van der Waals surface area contributed by atoms with E-state index in [4.69, 9.17) is 5.41 Å². The van der Waals surface area contributed by atoms with E-state index >= 15 is 0 Å². The number of hydrogen-bond donors (Lipinski definition) is 3. The molecule has 0 fully saturated rings. The van der Waals surface area contributed by atoms with Crippen molar-refractivity contribution in [1.29, 1.82) is 5.41 Å². The summed E-state index contributed by atoms with van der Waals surface area (Å²) in [7, 11) is 0. The normalized spacial score (nSPS) is 17.9. The summed E-state index contributed by atoms with van der Waals surface area (Å²) < 4.78 is 1.64. The molecule has 29 heavy (non-hydrogen) atoms. The molecule has 152 valence electrons. The number of anilines is 1. The second-order valence-corrected chi connectivity index (χ2v) is 7.52. The maximum Gasteiger partial charge on any atom is 0.270 e. The molecular formula is C20H25N7O2. The smallest absolute Gasteiger partial charge is 0.270 e. The van der Waals surface area contributed by atoms with E-state index in [0.717, 1.165) is 32.5 Å². The number of nitrogens with one attached hydrogen (secondary N) is 3. The largest absolute Gasteiger partial charge is 0.365 e. The minimum absolute atomic E-state index is 0.000492. The van der Waals surface area contributed by atoms with Crippen molar-refractivity contribution in [2.24, 2.45) is 5.18 Å². The summed E-state index contributed by atoms with van der Waals surface area (Å²) in [4.78, 5) is 29.4. The summed E-state index contributed by atoms with van der Waals surface area (Å²) in [5, 5.41) is 16.9. The average molecular weight is 395 g/mol. The second kappa shape index (κ2) is 8.52. The Labute approximate surface area is 168 Å². The molecule has 9 heteroatoms. The van der Waals surface area contributed by atoms with Crippen molar-refractivity contribution in [1.82, 2.24) is 19.8 Å². The van der Waals surface area contributed by atoms with Gasteiger partial charge in [-0.25, -0.2) is 4.98 Å². The quantitative estimate of drug-likeness (QED) is 0.480. The van der Waals surface area contributed by atoms with E-state index in [2.05, 4.69) is 50.0 Å². The molecule has 4 rings (SSSR count). The summed E-state index contributed by atoms with van der Waals surface area (Å²) >= 11 is 0. The molecule has 2 aliphatic heterocycles. The molecule has 1 atom stereocenters. The SMILES string of the molecule is N=c1nc(C(=O)NCCCN2CCc3ccccc3C2)cc2n1CC(CN=O)N2. The molecular weight excluding hydrogens is 370 g/mol. The lowest BCUT2D eigenvalue weighted by atomic mass is 10.00. The van der Waals surface area contributed by atoms with E-state index < -0.39 is 0 Å². The Morgan fingerprint density at radius 1 is 1.34 bits per heavy atom. The van der Waals surface area contributed by atoms with Crippen molar-refractivity contribution in [3.63, 3.8) is 0 Å². The lowest BCUT2D eigenvalue weighted by Gasteiger charge is -2.28. The van der Waals surface area contributed by atoms with Crippen LogP contribution in [-0.4, -0.2) is 52.6 Å². The molecule has 0 saturated carbocycles. The molecule has 0 radical (unpaired) electrons. The molecule has 3 N–H and O–H groups in total. The summed E-state index contributed by atoms with van der Waals surface area (Å²) in [6.45, 7) is 4.05. The number of benzene rings is 1. The highest BCUT2D eigenvalue weighted by Gasteiger charge is 2.23. The number of nitroso groups, excluding NO2 is 1. The minimum atomic E-state index is -0.287. The van der Waals surface area contributed by atoms with Crippen LogP contribution in [0, 0.1) is 10.3 Å². The maximum atomic E-state index is 12.4. The van der Waals surface area contributed by atoms with Gasteiger partial charge in [-0.15, -0.1) is 0 Å². The highest BCUT2D eigenvalue weighted by Crippen LogP contribution is 2.18. The summed E-state index contributed by atoms with van der Waals surface area (Å²) in [6.07, 6.45) is 1.92. The first-order valence-corrected chi connectivity index (χ1v) is 9.93. The van der Waals surface area contributed by atoms with Crippen molar-refractivity contribution < 1.29 is 4.79 Å². The molecule has 0 bridgehead atoms. The van der Waals surface area contributed by atoms with Crippen LogP contribution in [0.5, 0.6) is 0 Å². The number of carbonyl (C=O) groups is 1. The average Bonchev–Trinajstić information content (AvgIpc) is 3.14. The third-order valence-electron chi connectivity index (χ3n) is 5.48. The zero-order chi connectivity index (χ0) is 20.2. The van der Waals surface area contributed by atoms with Gasteiger partial charge in [-0.05, 0) is 24.0 Å². The number of aromatic nitrogens is 2. The van der Waals surface area contributed by atoms with Crippen LogP contribution in [-0.2, 0) is 19.5 Å². The zero-order valence-corrected chi connectivity index (χ0v) is 16.2. The molecule has 9 nitrogen and oxygen atoms in total. The van der Waals surface area contributed by atoms with Gasteiger partial charge in [0.15, 0.2) is 0 Å². The Bertz CT molecular complexity index is 972. The second-order valence-electron chi connectivity index (χ2n) is 7.52. The van der Waals surface area contributed by atoms with E-state index in [1.807, 2.05) is 0 Å². The molecule has 2 aromatic rings. The zero-order valence-electron chi connectivity index (χ0n) is 16.2. The van der Waals surface area contributed by atoms with E-state index in [-0.39, 0.29) is 29.8 Å². The van der Waals surface area contributed by atoms with Crippen molar-refractivity contribution in [3.8, 4) is 0 Å². The highest BCUT2D eigenvalue weighted by molar-refractivity contribution is 5.92. The van der Waals surface area contributed by atoms with E-state index in [0.29, 0.717) is 18.9 Å². The molecule has 0 aliphatic carbocycles. The molecule has 1 aromatic carbocycles. The van der Waals surface area contributed by atoms with Crippen LogP contribution in [0.2, 0.25) is 0 Å². The lowest BCUT2D eigenvalue weighted by Crippen LogP contribution is -2.34. The van der Waals surface area contributed by atoms with Gasteiger partial charge in [0.2, 0.25) is 5.62 Å². The molecule has 0 spiro atoms. The number of amides is 1. The van der Waals surface area contributed by atoms with Gasteiger partial charge < -0.3 is 10.6 Å². The number of nitrogens with zero attached hydrogens (tertiary/aromatic N) is 4. The van der Waals surface area contributed by atoms with Crippen molar-refractivity contribution >= 4 is 11.7 Å². The van der Waals surface area contributed by atoms with Crippen LogP contribution in [0.15, 0.2) is 35.5 Å². The van der Waals surface area contributed by atoms with Gasteiger partial charge >= 0.3 is 0 Å². The van der Waals surface area contributed by atoms with Crippen LogP contribution < -0.4 is 16.3 Å². The van der Waals surface area contributed by atoms with Gasteiger partial charge in [0, 0.05) is 38.8 Å². The van der Waals surface area contributed by atoms with Crippen molar-refractivity contribution in [3.05, 3.63) is 57.7 Å². The first-order valence-electron chi connectivity index (χ1n) is 9.93. The molecule has 1 aromatic heterocycles. The Hall–Kier alpha value is -3.07. The summed E-state index contributed by atoms with van der Waals surface area (Å²) in [5.41, 5.74) is 3.03. The Balaban J connectivity index is 1.27. The molecule has 3 heterocycles. The highest BCUT2D eigenvalue weighted by atomic mass is 16.3. The number of rotatable bonds is 7. The fraction of sp³-hybridized carbons (Fsp3) is 0.450. The molecule has 1 amide bonds. The van der Waals surface area contributed by atoms with E-state index in [1.54, 1.807) is 10.6 Å². The van der Waals surface area contributed by atoms with Crippen molar-refractivity contribution in [2.45, 2.75) is 32.0 Å². The van der Waals surface area contributed by atoms with Gasteiger partial charge in [-0.3, -0.25) is 19.7 Å². The van der Waals surface area contributed by atoms with Gasteiger partial charge in [0.1, 0.15) is 18.1 Å². The van der Waals surface area contributed by atoms with Crippen LogP contribution in [0.25, 0.3) is 0 Å². The van der Waals surface area contributed by atoms with Crippen LogP contribution in [0.3, 0.4) is 0 Å². The number of hydrogen-bond acceptors (Lipinski definition) is 7. The van der Waals surface area contributed by atoms with E-state index in [9.17, 15) is 9.70 Å². The van der Waals surface area contributed by atoms with Gasteiger partial charge in [-0.1, -0.05) is 29.4 Å². The summed E-state index contributed by atoms with van der Waals surface area (Å²) in [5.74, 6) is 0.334. The Morgan fingerprint density at radius 2 is 2.17 bits per heavy atom. The van der Waals surface area contributed by atoms with E-state index in [1.165, 1.54) is 11.1 Å².